The van der Waals surface area contributed by atoms with Crippen LogP contribution in [0.2, 0.25) is 5.02 Å². The van der Waals surface area contributed by atoms with Gasteiger partial charge in [0.1, 0.15) is 10.7 Å². The lowest BCUT2D eigenvalue weighted by Gasteiger charge is -2.41. The number of aromatic nitrogens is 4. The average molecular weight is 447 g/mol. The number of halogens is 1. The van der Waals surface area contributed by atoms with Crippen LogP contribution in [0, 0.1) is 0 Å². The summed E-state index contributed by atoms with van der Waals surface area (Å²) in [6.07, 6.45) is 9.61. The lowest BCUT2D eigenvalue weighted by atomic mass is 9.77. The van der Waals surface area contributed by atoms with Crippen molar-refractivity contribution in [3.8, 4) is 0 Å². The highest BCUT2D eigenvalue weighted by atomic mass is 35.5. The maximum absolute atomic E-state index is 12.6. The zero-order chi connectivity index (χ0) is 20.7. The summed E-state index contributed by atoms with van der Waals surface area (Å²) in [5.41, 5.74) is 1.57. The number of hydrogen-bond acceptors (Lipinski definition) is 8. The first kappa shape index (κ1) is 19.8. The monoisotopic (exact) mass is 446 g/mol. The summed E-state index contributed by atoms with van der Waals surface area (Å²) in [6, 6.07) is 0. The molecule has 2 N–H and O–H groups in total. The molecule has 8 nitrogen and oxygen atoms in total. The van der Waals surface area contributed by atoms with Crippen LogP contribution in [0.1, 0.15) is 37.2 Å². The normalized spacial score (nSPS) is 22.3. The van der Waals surface area contributed by atoms with Crippen molar-refractivity contribution in [1.29, 1.82) is 0 Å². The zero-order valence-corrected chi connectivity index (χ0v) is 18.0. The van der Waals surface area contributed by atoms with Crippen LogP contribution in [0.4, 0.5) is 11.8 Å². The maximum Gasteiger partial charge on any atom is 0.225 e. The van der Waals surface area contributed by atoms with E-state index < -0.39 is 10.8 Å². The van der Waals surface area contributed by atoms with Crippen LogP contribution in [0.5, 0.6) is 0 Å². The van der Waals surface area contributed by atoms with Crippen molar-refractivity contribution in [2.45, 2.75) is 42.5 Å². The van der Waals surface area contributed by atoms with E-state index in [1.54, 1.807) is 12.4 Å². The number of anilines is 2. The maximum atomic E-state index is 12.6. The molecule has 5 rings (SSSR count). The average Bonchev–Trinajstić information content (AvgIpc) is 3.12. The van der Waals surface area contributed by atoms with Gasteiger partial charge in [-0.05, 0) is 31.3 Å². The van der Waals surface area contributed by atoms with Crippen LogP contribution < -0.4 is 10.2 Å². The Morgan fingerprint density at radius 2 is 2.03 bits per heavy atom. The van der Waals surface area contributed by atoms with Crippen LogP contribution in [-0.4, -0.2) is 60.2 Å². The standard InChI is InChI=1S/C20H23ClN6O2S/c21-14-10-22-19(23-11-14)27-7-2-13(3-8-27)17-24-15-4-9-30(29)16(15)18(25-17)26-20(12-28)5-1-6-20/h2,10-11,28H,1,3-9,12H2,(H,24,25,26)/t30-/m0/s1. The van der Waals surface area contributed by atoms with Gasteiger partial charge in [0.05, 0.1) is 46.1 Å². The molecule has 3 aliphatic rings. The molecule has 4 heterocycles. The second kappa shape index (κ2) is 7.86. The van der Waals surface area contributed by atoms with Gasteiger partial charge in [0.2, 0.25) is 5.95 Å². The Labute approximate surface area is 182 Å². The summed E-state index contributed by atoms with van der Waals surface area (Å²) in [6.45, 7) is 1.46. The molecule has 2 aromatic rings. The van der Waals surface area contributed by atoms with Crippen LogP contribution >= 0.6 is 11.6 Å². The van der Waals surface area contributed by atoms with Crippen LogP contribution in [0.3, 0.4) is 0 Å². The number of aryl methyl sites for hydroxylation is 1. The first-order valence-electron chi connectivity index (χ1n) is 10.2. The van der Waals surface area contributed by atoms with E-state index in [0.29, 0.717) is 46.2 Å². The van der Waals surface area contributed by atoms with Gasteiger partial charge in [-0.25, -0.2) is 19.9 Å². The summed E-state index contributed by atoms with van der Waals surface area (Å²) in [4.78, 5) is 20.9. The Hall–Kier alpha value is -2.10. The lowest BCUT2D eigenvalue weighted by Crippen LogP contribution is -2.48. The van der Waals surface area contributed by atoms with Gasteiger partial charge >= 0.3 is 0 Å². The van der Waals surface area contributed by atoms with Gasteiger partial charge in [0.25, 0.3) is 0 Å². The van der Waals surface area contributed by atoms with Gasteiger partial charge in [-0.2, -0.15) is 0 Å². The van der Waals surface area contributed by atoms with Gasteiger partial charge in [0.15, 0.2) is 5.82 Å². The molecule has 1 atom stereocenters. The Morgan fingerprint density at radius 3 is 2.67 bits per heavy atom. The number of aliphatic hydroxyl groups is 1. The number of fused-ring (bicyclic) bond motifs is 1. The molecule has 1 fully saturated rings. The Morgan fingerprint density at radius 1 is 1.23 bits per heavy atom. The van der Waals surface area contributed by atoms with E-state index in [0.717, 1.165) is 43.5 Å². The molecule has 0 bridgehead atoms. The van der Waals surface area contributed by atoms with E-state index in [4.69, 9.17) is 21.6 Å². The van der Waals surface area contributed by atoms with E-state index in [9.17, 15) is 9.32 Å². The second-order valence-corrected chi connectivity index (χ2v) is 9.96. The predicted octanol–water partition coefficient (Wildman–Crippen LogP) is 2.20. The molecule has 0 radical (unpaired) electrons. The van der Waals surface area contributed by atoms with Crippen molar-refractivity contribution >= 4 is 39.7 Å². The number of hydrogen-bond donors (Lipinski definition) is 2. The third kappa shape index (κ3) is 3.59. The van der Waals surface area contributed by atoms with E-state index in [2.05, 4.69) is 26.3 Å². The first-order chi connectivity index (χ1) is 14.6. The Kier molecular flexibility index (Phi) is 5.20. The molecule has 2 aromatic heterocycles. The van der Waals surface area contributed by atoms with Gasteiger partial charge in [-0.3, -0.25) is 4.21 Å². The molecule has 0 amide bonds. The molecule has 10 heteroatoms. The molecular weight excluding hydrogens is 424 g/mol. The fourth-order valence-electron chi connectivity index (χ4n) is 4.13. The number of aliphatic hydroxyl groups excluding tert-OH is 1. The van der Waals surface area contributed by atoms with Gasteiger partial charge in [-0.1, -0.05) is 17.7 Å². The van der Waals surface area contributed by atoms with Crippen LogP contribution in [-0.2, 0) is 17.2 Å². The smallest absolute Gasteiger partial charge is 0.225 e. The number of nitrogens with one attached hydrogen (secondary N) is 1. The molecule has 0 aromatic carbocycles. The van der Waals surface area contributed by atoms with Crippen molar-refractivity contribution < 1.29 is 9.32 Å². The molecule has 1 saturated carbocycles. The molecule has 30 heavy (non-hydrogen) atoms. The SMILES string of the molecule is O=[S@]1CCc2nc(C3=CCN(c4ncc(Cl)cn4)CC3)nc(NC3(CO)CCC3)c21. The van der Waals surface area contributed by atoms with E-state index in [1.165, 1.54) is 0 Å². The molecular formula is C20H23ClN6O2S. The Balaban J connectivity index is 1.43. The van der Waals surface area contributed by atoms with Crippen molar-refractivity contribution in [3.63, 3.8) is 0 Å². The van der Waals surface area contributed by atoms with E-state index >= 15 is 0 Å². The fraction of sp³-hybridized carbons (Fsp3) is 0.500. The van der Waals surface area contributed by atoms with Crippen molar-refractivity contribution in [2.24, 2.45) is 0 Å². The topological polar surface area (TPSA) is 104 Å². The summed E-state index contributed by atoms with van der Waals surface area (Å²) >= 11 is 5.88. The van der Waals surface area contributed by atoms with E-state index in [-0.39, 0.29) is 12.1 Å². The third-order valence-corrected chi connectivity index (χ3v) is 7.72. The number of rotatable bonds is 5. The van der Waals surface area contributed by atoms with Crippen LogP contribution in [0.15, 0.2) is 23.4 Å². The van der Waals surface area contributed by atoms with Crippen molar-refractivity contribution in [1.82, 2.24) is 19.9 Å². The first-order valence-corrected chi connectivity index (χ1v) is 11.9. The quantitative estimate of drug-likeness (QED) is 0.720. The highest BCUT2D eigenvalue weighted by Crippen LogP contribution is 2.38. The minimum absolute atomic E-state index is 0.0481. The van der Waals surface area contributed by atoms with Crippen molar-refractivity contribution in [2.75, 3.05) is 35.7 Å². The summed E-state index contributed by atoms with van der Waals surface area (Å²) in [7, 11) is -1.09. The third-order valence-electron chi connectivity index (χ3n) is 6.07. The van der Waals surface area contributed by atoms with Gasteiger partial charge < -0.3 is 15.3 Å². The minimum atomic E-state index is -1.09. The summed E-state index contributed by atoms with van der Waals surface area (Å²) in [5, 5.41) is 13.8. The van der Waals surface area contributed by atoms with Crippen molar-refractivity contribution in [3.05, 3.63) is 35.0 Å². The zero-order valence-electron chi connectivity index (χ0n) is 16.5. The fourth-order valence-corrected chi connectivity index (χ4v) is 5.53. The molecule has 0 saturated heterocycles. The largest absolute Gasteiger partial charge is 0.394 e. The number of nitrogens with zero attached hydrogens (tertiary/aromatic N) is 5. The Bertz CT molecular complexity index is 1020. The second-order valence-electron chi connectivity index (χ2n) is 8.01. The summed E-state index contributed by atoms with van der Waals surface area (Å²) < 4.78 is 12.6. The van der Waals surface area contributed by atoms with Gasteiger partial charge in [-0.15, -0.1) is 0 Å². The van der Waals surface area contributed by atoms with E-state index in [1.807, 2.05) is 0 Å². The highest BCUT2D eigenvalue weighted by molar-refractivity contribution is 7.85. The molecule has 0 spiro atoms. The van der Waals surface area contributed by atoms with Crippen LogP contribution in [0.25, 0.3) is 5.57 Å². The molecule has 2 aliphatic heterocycles. The summed E-state index contributed by atoms with van der Waals surface area (Å²) in [5.74, 6) is 2.54. The minimum Gasteiger partial charge on any atom is -0.394 e. The van der Waals surface area contributed by atoms with Gasteiger partial charge in [0, 0.05) is 25.3 Å². The lowest BCUT2D eigenvalue weighted by molar-refractivity contribution is 0.143. The molecule has 1 aliphatic carbocycles. The highest BCUT2D eigenvalue weighted by Gasteiger charge is 2.39. The molecule has 158 valence electrons. The predicted molar refractivity (Wildman–Crippen MR) is 116 cm³/mol. The molecule has 0 unspecified atom stereocenters.